The van der Waals surface area contributed by atoms with Gasteiger partial charge in [0.2, 0.25) is 0 Å². The highest BCUT2D eigenvalue weighted by molar-refractivity contribution is 5.99. The molecule has 196 valence electrons. The van der Waals surface area contributed by atoms with Gasteiger partial charge in [-0.3, -0.25) is 4.79 Å². The highest BCUT2D eigenvalue weighted by Gasteiger charge is 2.38. The second kappa shape index (κ2) is 10.5. The summed E-state index contributed by atoms with van der Waals surface area (Å²) >= 11 is 0. The van der Waals surface area contributed by atoms with Crippen LogP contribution in [0.3, 0.4) is 0 Å². The summed E-state index contributed by atoms with van der Waals surface area (Å²) in [4.78, 5) is 14.5. The van der Waals surface area contributed by atoms with E-state index in [4.69, 9.17) is 9.47 Å². The average Bonchev–Trinajstić information content (AvgIpc) is 2.88. The molecule has 9 nitrogen and oxygen atoms in total. The van der Waals surface area contributed by atoms with Crippen molar-refractivity contribution < 1.29 is 44.9 Å². The molecule has 0 saturated carbocycles. The van der Waals surface area contributed by atoms with Crippen molar-refractivity contribution in [2.75, 3.05) is 14.2 Å². The minimum Gasteiger partial charge on any atom is -0.508 e. The van der Waals surface area contributed by atoms with Gasteiger partial charge in [0.25, 0.3) is 0 Å². The predicted octanol–water partition coefficient (Wildman–Crippen LogP) is 4.47. The topological polar surface area (TPSA) is 157 Å². The van der Waals surface area contributed by atoms with E-state index in [-0.39, 0.29) is 11.1 Å². The fourth-order valence-electron chi connectivity index (χ4n) is 4.51. The zero-order chi connectivity index (χ0) is 27.6. The number of rotatable bonds is 8. The molecule has 0 radical (unpaired) electrons. The molecule has 0 aliphatic heterocycles. The SMILES string of the molecule is COc1ccc(C(C(=O)C(c2ccc(OC)cc2)c2c(O)cc(O)cc2O)c2c(O)cc(O)cc2O)cc1. The maximum Gasteiger partial charge on any atom is 0.157 e. The van der Waals surface area contributed by atoms with Crippen LogP contribution in [0.5, 0.6) is 46.0 Å². The van der Waals surface area contributed by atoms with Crippen LogP contribution in [0, 0.1) is 0 Å². The summed E-state index contributed by atoms with van der Waals surface area (Å²) in [5.74, 6) is -5.28. The number of phenols is 6. The van der Waals surface area contributed by atoms with E-state index in [1.807, 2.05) is 0 Å². The van der Waals surface area contributed by atoms with E-state index < -0.39 is 52.1 Å². The molecule has 2 atom stereocenters. The highest BCUT2D eigenvalue weighted by atomic mass is 16.5. The first-order valence-electron chi connectivity index (χ1n) is 11.5. The third-order valence-electron chi connectivity index (χ3n) is 6.29. The predicted molar refractivity (Wildman–Crippen MR) is 138 cm³/mol. The van der Waals surface area contributed by atoms with E-state index in [9.17, 15) is 35.4 Å². The molecule has 0 heterocycles. The Morgan fingerprint density at radius 3 is 1.11 bits per heavy atom. The van der Waals surface area contributed by atoms with Crippen molar-refractivity contribution >= 4 is 5.78 Å². The zero-order valence-corrected chi connectivity index (χ0v) is 20.5. The molecular weight excluding hydrogens is 492 g/mol. The van der Waals surface area contributed by atoms with E-state index >= 15 is 0 Å². The summed E-state index contributed by atoms with van der Waals surface area (Å²) in [6.45, 7) is 0. The standard InChI is InChI=1S/C29H26O9/c1-37-19-7-3-15(4-8-19)25(27-21(32)11-17(30)12-22(27)33)29(36)26(16-5-9-20(38-2)10-6-16)28-23(34)13-18(31)14-24(28)35/h3-14,25-26,30-35H,1-2H3. The molecule has 38 heavy (non-hydrogen) atoms. The Hall–Kier alpha value is -5.05. The maximum atomic E-state index is 14.5. The number of phenolic OH excluding ortho intramolecular Hbond substituents is 6. The largest absolute Gasteiger partial charge is 0.508 e. The number of Topliss-reactive ketones (excluding diaryl/α,β-unsaturated/α-hetero) is 1. The number of carbonyl (C=O) groups excluding carboxylic acids is 1. The normalized spacial score (nSPS) is 12.5. The molecule has 0 fully saturated rings. The number of hydrogen-bond acceptors (Lipinski definition) is 9. The second-order valence-corrected chi connectivity index (χ2v) is 8.61. The first kappa shape index (κ1) is 26.0. The summed E-state index contributed by atoms with van der Waals surface area (Å²) in [6, 6.07) is 16.7. The number of ether oxygens (including phenoxy) is 2. The third kappa shape index (κ3) is 4.94. The molecule has 4 aromatic carbocycles. The van der Waals surface area contributed by atoms with Crippen LogP contribution in [-0.2, 0) is 4.79 Å². The number of aromatic hydroxyl groups is 6. The highest BCUT2D eigenvalue weighted by Crippen LogP contribution is 2.48. The molecule has 0 bridgehead atoms. The van der Waals surface area contributed by atoms with Crippen molar-refractivity contribution in [1.82, 2.24) is 0 Å². The van der Waals surface area contributed by atoms with Gasteiger partial charge in [-0.05, 0) is 35.4 Å². The van der Waals surface area contributed by atoms with Crippen LogP contribution in [0.25, 0.3) is 0 Å². The van der Waals surface area contributed by atoms with Gasteiger partial charge in [0, 0.05) is 24.3 Å². The lowest BCUT2D eigenvalue weighted by molar-refractivity contribution is -0.120. The van der Waals surface area contributed by atoms with E-state index in [1.54, 1.807) is 48.5 Å². The van der Waals surface area contributed by atoms with Crippen LogP contribution in [0.4, 0.5) is 0 Å². The van der Waals surface area contributed by atoms with Gasteiger partial charge in [-0.15, -0.1) is 0 Å². The maximum absolute atomic E-state index is 14.5. The zero-order valence-electron chi connectivity index (χ0n) is 20.5. The van der Waals surface area contributed by atoms with Gasteiger partial charge in [0.1, 0.15) is 46.0 Å². The Bertz CT molecular complexity index is 1300. The van der Waals surface area contributed by atoms with E-state index in [2.05, 4.69) is 0 Å². The monoisotopic (exact) mass is 518 g/mol. The van der Waals surface area contributed by atoms with Crippen molar-refractivity contribution in [1.29, 1.82) is 0 Å². The van der Waals surface area contributed by atoms with Crippen LogP contribution in [-0.4, -0.2) is 50.6 Å². The fraction of sp³-hybridized carbons (Fsp3) is 0.138. The van der Waals surface area contributed by atoms with Crippen LogP contribution in [0.15, 0.2) is 72.8 Å². The number of hydrogen-bond donors (Lipinski definition) is 6. The summed E-state index contributed by atoms with van der Waals surface area (Å²) in [7, 11) is 2.96. The van der Waals surface area contributed by atoms with Gasteiger partial charge >= 0.3 is 0 Å². The Morgan fingerprint density at radius 1 is 0.553 bits per heavy atom. The minimum atomic E-state index is -1.33. The second-order valence-electron chi connectivity index (χ2n) is 8.61. The Morgan fingerprint density at radius 2 is 0.842 bits per heavy atom. The number of methoxy groups -OCH3 is 2. The molecule has 9 heteroatoms. The number of ketones is 1. The van der Waals surface area contributed by atoms with E-state index in [0.717, 1.165) is 24.3 Å². The van der Waals surface area contributed by atoms with Crippen molar-refractivity contribution in [3.05, 3.63) is 95.1 Å². The Labute approximate surface area is 218 Å². The number of carbonyl (C=O) groups is 1. The van der Waals surface area contributed by atoms with Gasteiger partial charge in [0.05, 0.1) is 37.2 Å². The van der Waals surface area contributed by atoms with E-state index in [0.29, 0.717) is 22.6 Å². The number of benzene rings is 4. The minimum absolute atomic E-state index is 0.186. The molecule has 0 saturated heterocycles. The van der Waals surface area contributed by atoms with E-state index in [1.165, 1.54) is 14.2 Å². The van der Waals surface area contributed by atoms with Crippen molar-refractivity contribution in [2.45, 2.75) is 11.8 Å². The molecule has 2 unspecified atom stereocenters. The lowest BCUT2D eigenvalue weighted by Crippen LogP contribution is -2.23. The van der Waals surface area contributed by atoms with Crippen LogP contribution in [0.1, 0.15) is 34.1 Å². The first-order valence-corrected chi connectivity index (χ1v) is 11.5. The summed E-state index contributed by atoms with van der Waals surface area (Å²) in [6.07, 6.45) is 0. The molecule has 0 spiro atoms. The summed E-state index contributed by atoms with van der Waals surface area (Å²) in [5, 5.41) is 62.7. The smallest absolute Gasteiger partial charge is 0.157 e. The van der Waals surface area contributed by atoms with Crippen LogP contribution < -0.4 is 9.47 Å². The lowest BCUT2D eigenvalue weighted by atomic mass is 9.76. The first-order chi connectivity index (χ1) is 18.1. The average molecular weight is 519 g/mol. The molecule has 4 rings (SSSR count). The van der Waals surface area contributed by atoms with Gasteiger partial charge < -0.3 is 40.1 Å². The van der Waals surface area contributed by atoms with Gasteiger partial charge in [-0.25, -0.2) is 0 Å². The molecule has 0 aromatic heterocycles. The molecule has 0 aliphatic rings. The molecule has 0 aliphatic carbocycles. The van der Waals surface area contributed by atoms with Gasteiger partial charge in [0.15, 0.2) is 5.78 Å². The third-order valence-corrected chi connectivity index (χ3v) is 6.29. The van der Waals surface area contributed by atoms with Crippen molar-refractivity contribution in [3.8, 4) is 46.0 Å². The van der Waals surface area contributed by atoms with Gasteiger partial charge in [-0.2, -0.15) is 0 Å². The quantitative estimate of drug-likeness (QED) is 0.198. The molecular formula is C29H26O9. The van der Waals surface area contributed by atoms with Crippen LogP contribution in [0.2, 0.25) is 0 Å². The fourth-order valence-corrected chi connectivity index (χ4v) is 4.51. The molecule has 6 N–H and O–H groups in total. The van der Waals surface area contributed by atoms with Crippen molar-refractivity contribution in [3.63, 3.8) is 0 Å². The van der Waals surface area contributed by atoms with Crippen molar-refractivity contribution in [2.24, 2.45) is 0 Å². The Balaban J connectivity index is 1.99. The van der Waals surface area contributed by atoms with Gasteiger partial charge in [-0.1, -0.05) is 24.3 Å². The Kier molecular flexibility index (Phi) is 7.20. The summed E-state index contributed by atoms with van der Waals surface area (Å²) < 4.78 is 10.4. The summed E-state index contributed by atoms with van der Waals surface area (Å²) in [5.41, 5.74) is 0.329. The molecule has 0 amide bonds. The lowest BCUT2D eigenvalue weighted by Gasteiger charge is -2.26. The van der Waals surface area contributed by atoms with Crippen LogP contribution >= 0.6 is 0 Å². The molecule has 4 aromatic rings.